The number of hydrogen-bond donors (Lipinski definition) is 0. The Morgan fingerprint density at radius 3 is 2.32 bits per heavy atom. The molecule has 0 bridgehead atoms. The molecule has 0 radical (unpaired) electrons. The Bertz CT molecular complexity index is 1260. The van der Waals surface area contributed by atoms with Crippen molar-refractivity contribution in [2.75, 3.05) is 37.7 Å². The third-order valence-corrected chi connectivity index (χ3v) is 8.68. The van der Waals surface area contributed by atoms with Crippen LogP contribution in [-0.4, -0.2) is 77.6 Å². The number of carbonyl (C=O) groups is 1. The normalized spacial score (nSPS) is 20.5. The van der Waals surface area contributed by atoms with Crippen molar-refractivity contribution in [2.24, 2.45) is 0 Å². The minimum Gasteiger partial charge on any atom is -0.336 e. The van der Waals surface area contributed by atoms with Gasteiger partial charge in [0.05, 0.1) is 22.8 Å². The molecule has 3 heterocycles. The van der Waals surface area contributed by atoms with Crippen molar-refractivity contribution in [3.8, 4) is 16.9 Å². The first kappa shape index (κ1) is 22.8. The van der Waals surface area contributed by atoms with Crippen LogP contribution in [0, 0.1) is 0 Å². The molecule has 0 unspecified atom stereocenters. The van der Waals surface area contributed by atoms with Crippen molar-refractivity contribution < 1.29 is 13.2 Å². The SMILES string of the molecule is CCc1ccc(-c2nn(-c3ccccc3)cc2C(=O)N2CCN([C@H]3CCS(=O)(=O)C3)CC2)cc1. The molecule has 1 amide bonds. The Kier molecular flexibility index (Phi) is 6.27. The molecule has 0 saturated carbocycles. The Labute approximate surface area is 200 Å². The molecule has 8 heteroatoms. The van der Waals surface area contributed by atoms with Crippen LogP contribution in [0.5, 0.6) is 0 Å². The van der Waals surface area contributed by atoms with E-state index in [1.165, 1.54) is 5.56 Å². The zero-order valence-electron chi connectivity index (χ0n) is 19.4. The molecule has 34 heavy (non-hydrogen) atoms. The highest BCUT2D eigenvalue weighted by Gasteiger charge is 2.35. The highest BCUT2D eigenvalue weighted by atomic mass is 32.2. The monoisotopic (exact) mass is 478 g/mol. The molecule has 2 saturated heterocycles. The van der Waals surface area contributed by atoms with Gasteiger partial charge >= 0.3 is 0 Å². The van der Waals surface area contributed by atoms with Gasteiger partial charge in [0.25, 0.3) is 5.91 Å². The average molecular weight is 479 g/mol. The van der Waals surface area contributed by atoms with E-state index in [1.807, 2.05) is 53.6 Å². The summed E-state index contributed by atoms with van der Waals surface area (Å²) in [6.07, 6.45) is 3.48. The Morgan fingerprint density at radius 2 is 1.71 bits per heavy atom. The summed E-state index contributed by atoms with van der Waals surface area (Å²) in [7, 11) is -2.92. The summed E-state index contributed by atoms with van der Waals surface area (Å²) in [5.41, 5.74) is 4.33. The first-order chi connectivity index (χ1) is 16.4. The standard InChI is InChI=1S/C26H30N4O3S/c1-2-20-8-10-21(11-9-20)25-24(18-30(27-25)22-6-4-3-5-7-22)26(31)29-15-13-28(14-16-29)23-12-17-34(32,33)19-23/h3-11,18,23H,2,12-17,19H2,1H3/t23-/m0/s1. The number of rotatable bonds is 5. The number of nitrogens with zero attached hydrogens (tertiary/aromatic N) is 4. The van der Waals surface area contributed by atoms with E-state index in [2.05, 4.69) is 24.0 Å². The predicted octanol–water partition coefficient (Wildman–Crippen LogP) is 3.05. The van der Waals surface area contributed by atoms with Gasteiger partial charge in [-0.15, -0.1) is 0 Å². The van der Waals surface area contributed by atoms with E-state index in [-0.39, 0.29) is 23.5 Å². The van der Waals surface area contributed by atoms with E-state index in [0.29, 0.717) is 43.9 Å². The fourth-order valence-electron chi connectivity index (χ4n) is 4.88. The summed E-state index contributed by atoms with van der Waals surface area (Å²) in [6, 6.07) is 18.1. The van der Waals surface area contributed by atoms with E-state index < -0.39 is 9.84 Å². The van der Waals surface area contributed by atoms with Crippen LogP contribution in [0.3, 0.4) is 0 Å². The van der Waals surface area contributed by atoms with Crippen molar-refractivity contribution in [3.05, 3.63) is 71.9 Å². The van der Waals surface area contributed by atoms with Crippen LogP contribution in [-0.2, 0) is 16.3 Å². The number of hydrogen-bond acceptors (Lipinski definition) is 5. The maximum Gasteiger partial charge on any atom is 0.257 e. The van der Waals surface area contributed by atoms with Gasteiger partial charge in [-0.3, -0.25) is 9.69 Å². The summed E-state index contributed by atoms with van der Waals surface area (Å²) in [4.78, 5) is 17.8. The molecule has 2 aliphatic rings. The minimum atomic E-state index is -2.92. The molecule has 178 valence electrons. The third-order valence-electron chi connectivity index (χ3n) is 6.93. The quantitative estimate of drug-likeness (QED) is 0.564. The summed E-state index contributed by atoms with van der Waals surface area (Å²) < 4.78 is 25.5. The van der Waals surface area contributed by atoms with Crippen molar-refractivity contribution in [2.45, 2.75) is 25.8 Å². The summed E-state index contributed by atoms with van der Waals surface area (Å²) >= 11 is 0. The van der Waals surface area contributed by atoms with Crippen LogP contribution in [0.1, 0.15) is 29.3 Å². The highest BCUT2D eigenvalue weighted by molar-refractivity contribution is 7.91. The second-order valence-corrected chi connectivity index (χ2v) is 11.3. The number of carbonyl (C=O) groups excluding carboxylic acids is 1. The number of piperazine rings is 1. The van der Waals surface area contributed by atoms with Gasteiger partial charge in [-0.2, -0.15) is 5.10 Å². The van der Waals surface area contributed by atoms with Crippen LogP contribution in [0.4, 0.5) is 0 Å². The van der Waals surface area contributed by atoms with Crippen molar-refractivity contribution in [1.29, 1.82) is 0 Å². The third kappa shape index (κ3) is 4.65. The molecule has 1 aromatic heterocycles. The molecule has 1 atom stereocenters. The van der Waals surface area contributed by atoms with E-state index in [1.54, 1.807) is 4.68 Å². The summed E-state index contributed by atoms with van der Waals surface area (Å²) in [6.45, 7) is 4.67. The van der Waals surface area contributed by atoms with Gasteiger partial charge in [-0.05, 0) is 30.5 Å². The molecular weight excluding hydrogens is 448 g/mol. The molecule has 0 N–H and O–H groups in total. The molecule has 7 nitrogen and oxygen atoms in total. The Morgan fingerprint density at radius 1 is 1.00 bits per heavy atom. The van der Waals surface area contributed by atoms with Crippen LogP contribution in [0.2, 0.25) is 0 Å². The fraction of sp³-hybridized carbons (Fsp3) is 0.385. The molecule has 0 spiro atoms. The predicted molar refractivity (Wildman–Crippen MR) is 133 cm³/mol. The molecule has 3 aromatic rings. The zero-order chi connectivity index (χ0) is 23.7. The van der Waals surface area contributed by atoms with Crippen LogP contribution in [0.25, 0.3) is 16.9 Å². The van der Waals surface area contributed by atoms with Crippen molar-refractivity contribution in [3.63, 3.8) is 0 Å². The number of aryl methyl sites for hydroxylation is 1. The van der Waals surface area contributed by atoms with E-state index in [0.717, 1.165) is 17.7 Å². The number of amides is 1. The molecule has 2 aromatic carbocycles. The van der Waals surface area contributed by atoms with Gasteiger partial charge in [0.15, 0.2) is 9.84 Å². The minimum absolute atomic E-state index is 0.0320. The van der Waals surface area contributed by atoms with Gasteiger partial charge in [0, 0.05) is 44.0 Å². The van der Waals surface area contributed by atoms with Gasteiger partial charge in [-0.25, -0.2) is 13.1 Å². The first-order valence-corrected chi connectivity index (χ1v) is 13.7. The lowest BCUT2D eigenvalue weighted by Crippen LogP contribution is -2.52. The molecule has 2 aliphatic heterocycles. The summed E-state index contributed by atoms with van der Waals surface area (Å²) in [5, 5.41) is 4.81. The van der Waals surface area contributed by atoms with E-state index >= 15 is 0 Å². The lowest BCUT2D eigenvalue weighted by atomic mass is 10.0. The first-order valence-electron chi connectivity index (χ1n) is 11.9. The van der Waals surface area contributed by atoms with Crippen LogP contribution < -0.4 is 0 Å². The second kappa shape index (κ2) is 9.35. The lowest BCUT2D eigenvalue weighted by molar-refractivity contribution is 0.0588. The van der Waals surface area contributed by atoms with E-state index in [4.69, 9.17) is 5.10 Å². The fourth-order valence-corrected chi connectivity index (χ4v) is 6.64. The number of aromatic nitrogens is 2. The average Bonchev–Trinajstić information content (AvgIpc) is 3.48. The van der Waals surface area contributed by atoms with Crippen LogP contribution >= 0.6 is 0 Å². The molecule has 5 rings (SSSR count). The van der Waals surface area contributed by atoms with Gasteiger partial charge in [0.1, 0.15) is 5.69 Å². The van der Waals surface area contributed by atoms with Gasteiger partial charge in [-0.1, -0.05) is 49.4 Å². The second-order valence-electron chi connectivity index (χ2n) is 9.11. The van der Waals surface area contributed by atoms with Gasteiger partial charge in [0.2, 0.25) is 0 Å². The Balaban J connectivity index is 1.39. The van der Waals surface area contributed by atoms with Crippen LogP contribution in [0.15, 0.2) is 60.8 Å². The van der Waals surface area contributed by atoms with Crippen molar-refractivity contribution >= 4 is 15.7 Å². The molecule has 0 aliphatic carbocycles. The molecule has 2 fully saturated rings. The number of para-hydroxylation sites is 1. The maximum absolute atomic E-state index is 13.7. The Hall–Kier alpha value is -2.97. The number of sulfone groups is 1. The smallest absolute Gasteiger partial charge is 0.257 e. The van der Waals surface area contributed by atoms with Gasteiger partial charge < -0.3 is 4.90 Å². The van der Waals surface area contributed by atoms with Crippen molar-refractivity contribution in [1.82, 2.24) is 19.6 Å². The zero-order valence-corrected chi connectivity index (χ0v) is 20.2. The largest absolute Gasteiger partial charge is 0.336 e. The summed E-state index contributed by atoms with van der Waals surface area (Å²) in [5.74, 6) is 0.480. The maximum atomic E-state index is 13.7. The number of benzene rings is 2. The highest BCUT2D eigenvalue weighted by Crippen LogP contribution is 2.27. The lowest BCUT2D eigenvalue weighted by Gasteiger charge is -2.37. The van der Waals surface area contributed by atoms with E-state index in [9.17, 15) is 13.2 Å². The topological polar surface area (TPSA) is 75.5 Å². The molecular formula is C26H30N4O3S.